The molecular formula is C24H23N5O2S2. The molecule has 0 aliphatic rings. The molecule has 7 nitrogen and oxygen atoms in total. The number of fused-ring (bicyclic) bond motifs is 4. The van der Waals surface area contributed by atoms with Crippen LogP contribution < -0.4 is 10.1 Å². The van der Waals surface area contributed by atoms with Crippen LogP contribution in [0.3, 0.4) is 0 Å². The molecule has 1 N–H and O–H groups in total. The van der Waals surface area contributed by atoms with Crippen molar-refractivity contribution in [3.8, 4) is 5.75 Å². The van der Waals surface area contributed by atoms with Crippen molar-refractivity contribution >= 4 is 60.9 Å². The maximum absolute atomic E-state index is 13.1. The monoisotopic (exact) mass is 477 g/mol. The highest BCUT2D eigenvalue weighted by molar-refractivity contribution is 8.00. The van der Waals surface area contributed by atoms with Crippen molar-refractivity contribution in [2.75, 3.05) is 12.4 Å². The van der Waals surface area contributed by atoms with Gasteiger partial charge in [-0.1, -0.05) is 48.2 Å². The van der Waals surface area contributed by atoms with Crippen molar-refractivity contribution in [1.29, 1.82) is 0 Å². The zero-order valence-electron chi connectivity index (χ0n) is 18.7. The van der Waals surface area contributed by atoms with E-state index in [1.807, 2.05) is 31.2 Å². The summed E-state index contributed by atoms with van der Waals surface area (Å²) in [5.74, 6) is 0.667. The molecular weight excluding hydrogens is 454 g/mol. The maximum atomic E-state index is 13.1. The second kappa shape index (κ2) is 8.64. The number of methoxy groups -OCH3 is 1. The molecule has 0 radical (unpaired) electrons. The van der Waals surface area contributed by atoms with E-state index in [-0.39, 0.29) is 11.2 Å². The number of hydrogen-bond acceptors (Lipinski definition) is 7. The minimum absolute atomic E-state index is 0.0987. The van der Waals surface area contributed by atoms with Crippen LogP contribution >= 0.6 is 23.1 Å². The molecule has 5 rings (SSSR count). The van der Waals surface area contributed by atoms with E-state index in [1.54, 1.807) is 7.11 Å². The summed E-state index contributed by atoms with van der Waals surface area (Å²) < 4.78 is 8.30. The third-order valence-corrected chi connectivity index (χ3v) is 7.87. The number of para-hydroxylation sites is 1. The molecule has 0 saturated heterocycles. The van der Waals surface area contributed by atoms with Gasteiger partial charge in [-0.2, -0.15) is 0 Å². The third kappa shape index (κ3) is 3.91. The van der Waals surface area contributed by atoms with Crippen LogP contribution in [-0.4, -0.2) is 37.8 Å². The number of carbonyl (C=O) groups is 1. The molecule has 9 heteroatoms. The Kier molecular flexibility index (Phi) is 5.67. The second-order valence-corrected chi connectivity index (χ2v) is 10.0. The molecule has 33 heavy (non-hydrogen) atoms. The first-order valence-corrected chi connectivity index (χ1v) is 12.3. The number of ether oxygens (including phenoxy) is 1. The van der Waals surface area contributed by atoms with Gasteiger partial charge in [-0.15, -0.1) is 10.2 Å². The molecule has 1 atom stereocenters. The number of carbonyl (C=O) groups excluding carboxylic acids is 1. The molecule has 0 aliphatic heterocycles. The van der Waals surface area contributed by atoms with Gasteiger partial charge in [0.2, 0.25) is 5.91 Å². The summed E-state index contributed by atoms with van der Waals surface area (Å²) >= 11 is 2.86. The van der Waals surface area contributed by atoms with Crippen LogP contribution in [0.15, 0.2) is 47.6 Å². The van der Waals surface area contributed by atoms with Crippen LogP contribution in [0, 0.1) is 13.8 Å². The molecule has 0 fully saturated rings. The van der Waals surface area contributed by atoms with E-state index in [2.05, 4.69) is 56.9 Å². The van der Waals surface area contributed by atoms with E-state index < -0.39 is 0 Å². The SMILES string of the molecule is CCC(Sc1nnc2cc(C)c3cccc(C)c3n12)C(=O)Nc1nc2ccc(OC)cc2s1. The van der Waals surface area contributed by atoms with E-state index in [1.165, 1.54) is 23.1 Å². The fourth-order valence-corrected chi connectivity index (χ4v) is 5.79. The average molecular weight is 478 g/mol. The molecule has 2 aromatic carbocycles. The van der Waals surface area contributed by atoms with Crippen LogP contribution in [0.2, 0.25) is 0 Å². The highest BCUT2D eigenvalue weighted by atomic mass is 32.2. The summed E-state index contributed by atoms with van der Waals surface area (Å²) in [6, 6.07) is 14.0. The topological polar surface area (TPSA) is 81.4 Å². The summed E-state index contributed by atoms with van der Waals surface area (Å²) in [6.07, 6.45) is 0.646. The summed E-state index contributed by atoms with van der Waals surface area (Å²) in [6.45, 7) is 6.16. The highest BCUT2D eigenvalue weighted by Gasteiger charge is 2.23. The van der Waals surface area contributed by atoms with Gasteiger partial charge in [0.25, 0.3) is 0 Å². The van der Waals surface area contributed by atoms with Gasteiger partial charge >= 0.3 is 0 Å². The van der Waals surface area contributed by atoms with Gasteiger partial charge in [0.15, 0.2) is 15.9 Å². The molecule has 0 aliphatic carbocycles. The standard InChI is InChI=1S/C24H23N5O2S2/c1-5-18(22(30)26-23-25-17-10-9-15(31-4)12-19(17)32-23)33-24-28-27-20-11-14(3)16-8-6-7-13(2)21(16)29(20)24/h6-12,18H,5H2,1-4H3,(H,25,26,30). The van der Waals surface area contributed by atoms with Crippen molar-refractivity contribution in [2.24, 2.45) is 0 Å². The minimum atomic E-state index is -0.334. The Bertz CT molecular complexity index is 1510. The first-order chi connectivity index (χ1) is 16.0. The number of thioether (sulfide) groups is 1. The molecule has 0 spiro atoms. The number of anilines is 1. The lowest BCUT2D eigenvalue weighted by molar-refractivity contribution is -0.115. The lowest BCUT2D eigenvalue weighted by Crippen LogP contribution is -2.24. The zero-order chi connectivity index (χ0) is 23.1. The number of aromatic nitrogens is 4. The molecule has 168 valence electrons. The van der Waals surface area contributed by atoms with Gasteiger partial charge < -0.3 is 10.1 Å². The number of hydrogen-bond donors (Lipinski definition) is 1. The van der Waals surface area contributed by atoms with E-state index in [9.17, 15) is 4.79 Å². The molecule has 1 amide bonds. The largest absolute Gasteiger partial charge is 0.497 e. The lowest BCUT2D eigenvalue weighted by Gasteiger charge is -2.14. The third-order valence-electron chi connectivity index (χ3n) is 5.63. The molecule has 3 heterocycles. The first kappa shape index (κ1) is 21.7. The molecule has 1 unspecified atom stereocenters. The Morgan fingerprint density at radius 3 is 2.82 bits per heavy atom. The maximum Gasteiger partial charge on any atom is 0.239 e. The number of benzene rings is 2. The van der Waals surface area contributed by atoms with E-state index >= 15 is 0 Å². The fraction of sp³-hybridized carbons (Fsp3) is 0.250. The Morgan fingerprint density at radius 1 is 1.18 bits per heavy atom. The van der Waals surface area contributed by atoms with Gasteiger partial charge in [-0.25, -0.2) is 4.98 Å². The number of nitrogens with zero attached hydrogens (tertiary/aromatic N) is 4. The summed E-state index contributed by atoms with van der Waals surface area (Å²) in [7, 11) is 1.63. The van der Waals surface area contributed by atoms with Crippen LogP contribution in [-0.2, 0) is 4.79 Å². The Labute approximate surface area is 199 Å². The number of amides is 1. The van der Waals surface area contributed by atoms with Gasteiger partial charge in [-0.05, 0) is 55.7 Å². The Hall–Kier alpha value is -3.17. The predicted molar refractivity (Wildman–Crippen MR) is 135 cm³/mol. The summed E-state index contributed by atoms with van der Waals surface area (Å²) in [5, 5.41) is 13.9. The Balaban J connectivity index is 1.45. The van der Waals surface area contributed by atoms with Crippen molar-refractivity contribution < 1.29 is 9.53 Å². The fourth-order valence-electron chi connectivity index (χ4n) is 3.93. The van der Waals surface area contributed by atoms with Gasteiger partial charge in [0.1, 0.15) is 5.75 Å². The van der Waals surface area contributed by atoms with Crippen molar-refractivity contribution in [3.63, 3.8) is 0 Å². The lowest BCUT2D eigenvalue weighted by atomic mass is 10.1. The van der Waals surface area contributed by atoms with E-state index in [4.69, 9.17) is 4.74 Å². The number of nitrogens with one attached hydrogen (secondary N) is 1. The van der Waals surface area contributed by atoms with Crippen LogP contribution in [0.5, 0.6) is 5.75 Å². The number of pyridine rings is 1. The quantitative estimate of drug-likeness (QED) is 0.319. The van der Waals surface area contributed by atoms with Crippen molar-refractivity contribution in [1.82, 2.24) is 19.6 Å². The van der Waals surface area contributed by atoms with Crippen molar-refractivity contribution in [2.45, 2.75) is 37.6 Å². The predicted octanol–water partition coefficient (Wildman–Crippen LogP) is 5.63. The second-order valence-electron chi connectivity index (χ2n) is 7.83. The molecule has 0 bridgehead atoms. The number of aryl methyl sites for hydroxylation is 2. The number of rotatable bonds is 6. The van der Waals surface area contributed by atoms with E-state index in [0.717, 1.165) is 43.6 Å². The van der Waals surface area contributed by atoms with Crippen LogP contribution in [0.25, 0.3) is 26.8 Å². The normalized spacial score (nSPS) is 12.5. The van der Waals surface area contributed by atoms with Crippen molar-refractivity contribution in [3.05, 3.63) is 53.6 Å². The zero-order valence-corrected chi connectivity index (χ0v) is 20.4. The number of thiazole rings is 1. The van der Waals surface area contributed by atoms with Gasteiger partial charge in [-0.3, -0.25) is 9.20 Å². The summed E-state index contributed by atoms with van der Waals surface area (Å²) in [5.41, 5.74) is 4.99. The van der Waals surface area contributed by atoms with Gasteiger partial charge in [0, 0.05) is 5.39 Å². The van der Waals surface area contributed by atoms with Crippen LogP contribution in [0.4, 0.5) is 5.13 Å². The highest BCUT2D eigenvalue weighted by Crippen LogP contribution is 2.33. The molecule has 3 aromatic heterocycles. The minimum Gasteiger partial charge on any atom is -0.497 e. The summed E-state index contributed by atoms with van der Waals surface area (Å²) in [4.78, 5) is 17.7. The molecule has 5 aromatic rings. The average Bonchev–Trinajstić information content (AvgIpc) is 3.40. The molecule has 0 saturated carbocycles. The Morgan fingerprint density at radius 2 is 2.03 bits per heavy atom. The first-order valence-electron chi connectivity index (χ1n) is 10.6. The van der Waals surface area contributed by atoms with Gasteiger partial charge in [0.05, 0.1) is 28.1 Å². The van der Waals surface area contributed by atoms with Crippen LogP contribution in [0.1, 0.15) is 24.5 Å². The van der Waals surface area contributed by atoms with E-state index in [0.29, 0.717) is 16.7 Å². The smallest absolute Gasteiger partial charge is 0.239 e.